The number of carbonyl (C=O) groups is 1. The van der Waals surface area contributed by atoms with Crippen LogP contribution in [0.3, 0.4) is 0 Å². The topological polar surface area (TPSA) is 96.4 Å². The smallest absolute Gasteiger partial charge is 0.320 e. The molecular weight excluding hydrogens is 184 g/mol. The van der Waals surface area contributed by atoms with Gasteiger partial charge in [-0.1, -0.05) is 6.07 Å². The van der Waals surface area contributed by atoms with Gasteiger partial charge in [-0.25, -0.2) is 0 Å². The highest BCUT2D eigenvalue weighted by Gasteiger charge is 2.12. The van der Waals surface area contributed by atoms with Crippen LogP contribution in [-0.2, 0) is 17.8 Å². The minimum absolute atomic E-state index is 0.157. The molecule has 76 valence electrons. The Hall–Kier alpha value is -1.46. The molecule has 1 aromatic rings. The van der Waals surface area contributed by atoms with Crippen molar-refractivity contribution in [3.63, 3.8) is 0 Å². The summed E-state index contributed by atoms with van der Waals surface area (Å²) >= 11 is 0. The molecule has 0 aliphatic carbocycles. The first-order chi connectivity index (χ1) is 6.63. The van der Waals surface area contributed by atoms with Crippen molar-refractivity contribution >= 4 is 5.97 Å². The van der Waals surface area contributed by atoms with Gasteiger partial charge in [0.15, 0.2) is 0 Å². The van der Waals surface area contributed by atoms with Crippen LogP contribution in [0.2, 0.25) is 0 Å². The molecule has 0 radical (unpaired) electrons. The second-order valence-corrected chi connectivity index (χ2v) is 2.93. The molecule has 14 heavy (non-hydrogen) atoms. The Labute approximate surface area is 81.2 Å². The van der Waals surface area contributed by atoms with Crippen LogP contribution in [0.5, 0.6) is 0 Å². The Morgan fingerprint density at radius 3 is 2.71 bits per heavy atom. The molecule has 0 saturated carbocycles. The average molecular weight is 196 g/mol. The number of carboxylic acid groups (broad SMARTS) is 1. The van der Waals surface area contributed by atoms with Crippen LogP contribution < -0.4 is 5.73 Å². The summed E-state index contributed by atoms with van der Waals surface area (Å²) in [7, 11) is 0. The fourth-order valence-corrected chi connectivity index (χ4v) is 1.04. The normalized spacial score (nSPS) is 12.4. The monoisotopic (exact) mass is 196 g/mol. The van der Waals surface area contributed by atoms with Gasteiger partial charge in [0.1, 0.15) is 6.04 Å². The van der Waals surface area contributed by atoms with Crippen LogP contribution in [0.1, 0.15) is 11.4 Å². The first kappa shape index (κ1) is 10.6. The van der Waals surface area contributed by atoms with Crippen molar-refractivity contribution in [1.29, 1.82) is 0 Å². The summed E-state index contributed by atoms with van der Waals surface area (Å²) in [6.45, 7) is -0.157. The van der Waals surface area contributed by atoms with Crippen molar-refractivity contribution in [3.8, 4) is 0 Å². The fraction of sp³-hybridized carbons (Fsp3) is 0.333. The van der Waals surface area contributed by atoms with Crippen molar-refractivity contribution in [2.75, 3.05) is 0 Å². The molecule has 1 heterocycles. The van der Waals surface area contributed by atoms with Crippen LogP contribution in [-0.4, -0.2) is 27.2 Å². The Kier molecular flexibility index (Phi) is 3.55. The number of carboxylic acids is 1. The minimum atomic E-state index is -1.05. The minimum Gasteiger partial charge on any atom is -0.480 e. The molecule has 1 rings (SSSR count). The Morgan fingerprint density at radius 1 is 1.50 bits per heavy atom. The highest BCUT2D eigenvalue weighted by Crippen LogP contribution is 2.02. The van der Waals surface area contributed by atoms with E-state index in [2.05, 4.69) is 4.98 Å². The second kappa shape index (κ2) is 4.69. The van der Waals surface area contributed by atoms with Crippen LogP contribution >= 0.6 is 0 Å². The Balaban J connectivity index is 2.71. The Bertz CT molecular complexity index is 328. The first-order valence-corrected chi connectivity index (χ1v) is 4.17. The van der Waals surface area contributed by atoms with E-state index in [0.717, 1.165) is 0 Å². The van der Waals surface area contributed by atoms with E-state index in [1.54, 1.807) is 18.2 Å². The maximum atomic E-state index is 10.5. The van der Waals surface area contributed by atoms with Crippen molar-refractivity contribution in [2.45, 2.75) is 19.1 Å². The quantitative estimate of drug-likeness (QED) is 0.604. The average Bonchev–Trinajstić information content (AvgIpc) is 2.18. The zero-order valence-corrected chi connectivity index (χ0v) is 7.55. The number of aromatic nitrogens is 1. The first-order valence-electron chi connectivity index (χ1n) is 4.17. The number of hydrogen-bond acceptors (Lipinski definition) is 4. The van der Waals surface area contributed by atoms with Gasteiger partial charge in [0.2, 0.25) is 0 Å². The summed E-state index contributed by atoms with van der Waals surface area (Å²) in [6, 6.07) is 4.11. The van der Waals surface area contributed by atoms with Gasteiger partial charge < -0.3 is 15.9 Å². The summed E-state index contributed by atoms with van der Waals surface area (Å²) in [6.07, 6.45) is 0.170. The van der Waals surface area contributed by atoms with Gasteiger partial charge in [-0.3, -0.25) is 9.78 Å². The van der Waals surface area contributed by atoms with Crippen LogP contribution in [0, 0.1) is 0 Å². The molecule has 0 amide bonds. The molecule has 5 heteroatoms. The Morgan fingerprint density at radius 2 is 2.14 bits per heavy atom. The molecule has 5 nitrogen and oxygen atoms in total. The third kappa shape index (κ3) is 2.79. The number of aliphatic hydroxyl groups excluding tert-OH is 1. The van der Waals surface area contributed by atoms with Crippen molar-refractivity contribution < 1.29 is 15.0 Å². The lowest BCUT2D eigenvalue weighted by molar-refractivity contribution is -0.138. The summed E-state index contributed by atoms with van der Waals surface area (Å²) in [4.78, 5) is 14.5. The highest BCUT2D eigenvalue weighted by molar-refractivity contribution is 5.73. The largest absolute Gasteiger partial charge is 0.480 e. The molecule has 0 aliphatic rings. The molecule has 1 aromatic heterocycles. The summed E-state index contributed by atoms with van der Waals surface area (Å²) < 4.78 is 0. The molecular formula is C9H12N2O3. The number of hydrogen-bond donors (Lipinski definition) is 3. The van der Waals surface area contributed by atoms with E-state index in [1.165, 1.54) is 0 Å². The number of aliphatic carboxylic acids is 1. The number of pyridine rings is 1. The predicted octanol–water partition coefficient (Wildman–Crippen LogP) is -0.472. The number of rotatable bonds is 4. The zero-order valence-electron chi connectivity index (χ0n) is 7.55. The van der Waals surface area contributed by atoms with E-state index >= 15 is 0 Å². The molecule has 0 bridgehead atoms. The van der Waals surface area contributed by atoms with Gasteiger partial charge in [0.25, 0.3) is 0 Å². The van der Waals surface area contributed by atoms with Gasteiger partial charge >= 0.3 is 5.97 Å². The van der Waals surface area contributed by atoms with E-state index in [0.29, 0.717) is 11.4 Å². The lowest BCUT2D eigenvalue weighted by Gasteiger charge is -2.06. The van der Waals surface area contributed by atoms with E-state index in [9.17, 15) is 4.79 Å². The summed E-state index contributed by atoms with van der Waals surface area (Å²) in [5.41, 5.74) is 6.43. The van der Waals surface area contributed by atoms with Crippen molar-refractivity contribution in [1.82, 2.24) is 4.98 Å². The molecule has 0 spiro atoms. The maximum absolute atomic E-state index is 10.5. The standard InChI is InChI=1S/C9H12N2O3/c10-8(9(13)14)4-6-2-1-3-7(5-12)11-6/h1-3,8,12H,4-5,10H2,(H,13,14). The fourth-order valence-electron chi connectivity index (χ4n) is 1.04. The van der Waals surface area contributed by atoms with Crippen LogP contribution in [0.15, 0.2) is 18.2 Å². The molecule has 0 saturated heterocycles. The number of nitrogens with two attached hydrogens (primary N) is 1. The van der Waals surface area contributed by atoms with Gasteiger partial charge in [0.05, 0.1) is 12.3 Å². The zero-order chi connectivity index (χ0) is 10.6. The van der Waals surface area contributed by atoms with Crippen molar-refractivity contribution in [2.24, 2.45) is 5.73 Å². The van der Waals surface area contributed by atoms with Crippen LogP contribution in [0.4, 0.5) is 0 Å². The number of aliphatic hydroxyl groups is 1. The van der Waals surface area contributed by atoms with E-state index in [1.807, 2.05) is 0 Å². The van der Waals surface area contributed by atoms with Gasteiger partial charge in [-0.05, 0) is 12.1 Å². The SMILES string of the molecule is NC(Cc1cccc(CO)n1)C(=O)O. The molecule has 0 aliphatic heterocycles. The number of nitrogens with zero attached hydrogens (tertiary/aromatic N) is 1. The third-order valence-electron chi connectivity index (χ3n) is 1.77. The third-order valence-corrected chi connectivity index (χ3v) is 1.77. The molecule has 0 fully saturated rings. The molecule has 0 aromatic carbocycles. The maximum Gasteiger partial charge on any atom is 0.320 e. The van der Waals surface area contributed by atoms with Crippen LogP contribution in [0.25, 0.3) is 0 Å². The van der Waals surface area contributed by atoms with Crippen molar-refractivity contribution in [3.05, 3.63) is 29.6 Å². The summed E-state index contributed by atoms with van der Waals surface area (Å²) in [5.74, 6) is -1.05. The second-order valence-electron chi connectivity index (χ2n) is 2.93. The predicted molar refractivity (Wildman–Crippen MR) is 49.5 cm³/mol. The van der Waals surface area contributed by atoms with E-state index in [4.69, 9.17) is 15.9 Å². The molecule has 4 N–H and O–H groups in total. The van der Waals surface area contributed by atoms with Gasteiger partial charge in [0, 0.05) is 12.1 Å². The molecule has 1 unspecified atom stereocenters. The molecule has 1 atom stereocenters. The van der Waals surface area contributed by atoms with Gasteiger partial charge in [-0.2, -0.15) is 0 Å². The van der Waals surface area contributed by atoms with E-state index in [-0.39, 0.29) is 13.0 Å². The van der Waals surface area contributed by atoms with Gasteiger partial charge in [-0.15, -0.1) is 0 Å². The highest BCUT2D eigenvalue weighted by atomic mass is 16.4. The lowest BCUT2D eigenvalue weighted by Crippen LogP contribution is -2.32. The van der Waals surface area contributed by atoms with E-state index < -0.39 is 12.0 Å². The summed E-state index contributed by atoms with van der Waals surface area (Å²) in [5, 5.41) is 17.4. The lowest BCUT2D eigenvalue weighted by atomic mass is 10.1.